The first-order chi connectivity index (χ1) is 9.36. The summed E-state index contributed by atoms with van der Waals surface area (Å²) in [7, 11) is 0. The Hall–Kier alpha value is -2.13. The number of rotatable bonds is 1. The predicted molar refractivity (Wildman–Crippen MR) is 81.2 cm³/mol. The average Bonchev–Trinajstić information content (AvgIpc) is 2.51. The quantitative estimate of drug-likeness (QED) is 0.670. The highest BCUT2D eigenvalue weighted by molar-refractivity contribution is 7.80. The number of aromatic nitrogens is 2. The lowest BCUT2D eigenvalue weighted by molar-refractivity contribution is 1.25. The van der Waals surface area contributed by atoms with Gasteiger partial charge in [-0.25, -0.2) is 0 Å². The molecule has 94 valence electrons. The van der Waals surface area contributed by atoms with E-state index in [2.05, 4.69) is 22.6 Å². The van der Waals surface area contributed by atoms with Crippen molar-refractivity contribution in [3.63, 3.8) is 0 Å². The van der Waals surface area contributed by atoms with Crippen molar-refractivity contribution in [2.75, 3.05) is 0 Å². The summed E-state index contributed by atoms with van der Waals surface area (Å²) in [5, 5.41) is 0. The molecule has 19 heavy (non-hydrogen) atoms. The largest absolute Gasteiger partial charge is 0.255 e. The van der Waals surface area contributed by atoms with Gasteiger partial charge in [0.25, 0.3) is 0 Å². The summed E-state index contributed by atoms with van der Waals surface area (Å²) in [5.74, 6) is 0. The zero-order chi connectivity index (χ0) is 13.3. The van der Waals surface area contributed by atoms with Crippen LogP contribution in [0.2, 0.25) is 0 Å². The highest BCUT2D eigenvalue weighted by Crippen LogP contribution is 2.10. The lowest BCUT2D eigenvalue weighted by atomic mass is 10.2. The molecule has 0 N–H and O–H groups in total. The number of benzene rings is 1. The van der Waals surface area contributed by atoms with E-state index >= 15 is 0 Å². The fourth-order valence-corrected chi connectivity index (χ4v) is 1.63. The molecule has 0 aliphatic rings. The fourth-order valence-electron chi connectivity index (χ4n) is 1.46. The Labute approximate surface area is 118 Å². The van der Waals surface area contributed by atoms with Gasteiger partial charge in [0.05, 0.1) is 11.4 Å². The molecule has 0 unspecified atom stereocenters. The molecule has 2 aromatic heterocycles. The Morgan fingerprint density at radius 3 is 1.37 bits per heavy atom. The van der Waals surface area contributed by atoms with Gasteiger partial charge in [0.15, 0.2) is 0 Å². The summed E-state index contributed by atoms with van der Waals surface area (Å²) in [4.78, 5) is 9.39. The molecule has 0 fully saturated rings. The summed E-state index contributed by atoms with van der Waals surface area (Å²) in [6.45, 7) is 0. The normalized spacial score (nSPS) is 9.32. The molecule has 2 nitrogen and oxygen atoms in total. The predicted octanol–water partition coefficient (Wildman–Crippen LogP) is 4.12. The van der Waals surface area contributed by atoms with Crippen LogP contribution < -0.4 is 0 Å². The maximum atomic E-state index is 4.19. The molecule has 3 aromatic rings. The van der Waals surface area contributed by atoms with Crippen molar-refractivity contribution in [3.8, 4) is 11.4 Å². The van der Waals surface area contributed by atoms with Gasteiger partial charge < -0.3 is 0 Å². The van der Waals surface area contributed by atoms with Crippen LogP contribution in [0.5, 0.6) is 0 Å². The van der Waals surface area contributed by atoms with E-state index in [0.29, 0.717) is 0 Å². The standard InChI is InChI=1S/C10H8N2.C6H6S/c1-3-7-11-9(5-1)10-6-2-4-8-12-10;7-6-4-2-1-3-5-6/h1-8H;1-5,7H. The maximum absolute atomic E-state index is 4.19. The van der Waals surface area contributed by atoms with Crippen LogP contribution in [-0.4, -0.2) is 9.97 Å². The number of thiol groups is 1. The van der Waals surface area contributed by atoms with Gasteiger partial charge in [-0.2, -0.15) is 0 Å². The molecule has 1 aromatic carbocycles. The summed E-state index contributed by atoms with van der Waals surface area (Å²) in [6.07, 6.45) is 3.54. The summed E-state index contributed by atoms with van der Waals surface area (Å²) in [6, 6.07) is 21.4. The van der Waals surface area contributed by atoms with Crippen molar-refractivity contribution in [2.24, 2.45) is 0 Å². The number of hydrogen-bond acceptors (Lipinski definition) is 3. The third kappa shape index (κ3) is 4.56. The molecule has 0 atom stereocenters. The monoisotopic (exact) mass is 266 g/mol. The van der Waals surface area contributed by atoms with Crippen LogP contribution in [0.3, 0.4) is 0 Å². The Bertz CT molecular complexity index is 545. The molecule has 3 rings (SSSR count). The fraction of sp³-hybridized carbons (Fsp3) is 0. The molecule has 0 saturated heterocycles. The molecule has 2 heterocycles. The molecule has 0 amide bonds. The molecule has 0 aliphatic heterocycles. The summed E-state index contributed by atoms with van der Waals surface area (Å²) >= 11 is 4.08. The van der Waals surface area contributed by atoms with Crippen LogP contribution >= 0.6 is 12.6 Å². The van der Waals surface area contributed by atoms with Crippen LogP contribution in [0.1, 0.15) is 0 Å². The smallest absolute Gasteiger partial charge is 0.0886 e. The Morgan fingerprint density at radius 1 is 0.579 bits per heavy atom. The minimum absolute atomic E-state index is 0.915. The van der Waals surface area contributed by atoms with E-state index in [1.165, 1.54) is 0 Å². The number of nitrogens with zero attached hydrogens (tertiary/aromatic N) is 2. The van der Waals surface area contributed by atoms with Gasteiger partial charge >= 0.3 is 0 Å². The number of hydrogen-bond donors (Lipinski definition) is 1. The summed E-state index contributed by atoms with van der Waals surface area (Å²) < 4.78 is 0. The molecule has 0 radical (unpaired) electrons. The highest BCUT2D eigenvalue weighted by Gasteiger charge is 1.95. The van der Waals surface area contributed by atoms with Crippen molar-refractivity contribution in [1.82, 2.24) is 9.97 Å². The first-order valence-electron chi connectivity index (χ1n) is 5.93. The molecular formula is C16H14N2S. The summed E-state index contributed by atoms with van der Waals surface area (Å²) in [5.41, 5.74) is 1.83. The van der Waals surface area contributed by atoms with E-state index in [0.717, 1.165) is 16.3 Å². The van der Waals surface area contributed by atoms with Gasteiger partial charge in [-0.05, 0) is 36.4 Å². The van der Waals surface area contributed by atoms with Crippen LogP contribution in [0.4, 0.5) is 0 Å². The maximum Gasteiger partial charge on any atom is 0.0886 e. The van der Waals surface area contributed by atoms with Gasteiger partial charge in [-0.15, -0.1) is 12.6 Å². The van der Waals surface area contributed by atoms with Crippen molar-refractivity contribution in [2.45, 2.75) is 4.90 Å². The molecule has 0 spiro atoms. The SMILES string of the molecule is Sc1ccccc1.c1ccc(-c2ccccn2)nc1. The highest BCUT2D eigenvalue weighted by atomic mass is 32.1. The second-order valence-electron chi connectivity index (χ2n) is 3.77. The molecule has 0 saturated carbocycles. The third-order valence-corrected chi connectivity index (χ3v) is 2.65. The van der Waals surface area contributed by atoms with Crippen LogP contribution in [0.25, 0.3) is 11.4 Å². The van der Waals surface area contributed by atoms with Crippen molar-refractivity contribution >= 4 is 12.6 Å². The average molecular weight is 266 g/mol. The van der Waals surface area contributed by atoms with Crippen molar-refractivity contribution in [3.05, 3.63) is 79.1 Å². The number of pyridine rings is 2. The van der Waals surface area contributed by atoms with Crippen molar-refractivity contribution in [1.29, 1.82) is 0 Å². The topological polar surface area (TPSA) is 25.8 Å². The van der Waals surface area contributed by atoms with Gasteiger partial charge in [-0.3, -0.25) is 9.97 Å². The lowest BCUT2D eigenvalue weighted by Crippen LogP contribution is -1.83. The van der Waals surface area contributed by atoms with E-state index < -0.39 is 0 Å². The Kier molecular flexibility index (Phi) is 5.14. The lowest BCUT2D eigenvalue weighted by Gasteiger charge is -1.96. The third-order valence-electron chi connectivity index (χ3n) is 2.35. The first-order valence-corrected chi connectivity index (χ1v) is 6.37. The first kappa shape index (κ1) is 13.3. The van der Waals surface area contributed by atoms with E-state index in [1.54, 1.807) is 12.4 Å². The van der Waals surface area contributed by atoms with Crippen LogP contribution in [0, 0.1) is 0 Å². The van der Waals surface area contributed by atoms with Gasteiger partial charge in [0.2, 0.25) is 0 Å². The zero-order valence-electron chi connectivity index (χ0n) is 10.3. The van der Waals surface area contributed by atoms with Crippen molar-refractivity contribution < 1.29 is 0 Å². The Morgan fingerprint density at radius 2 is 1.05 bits per heavy atom. The molecule has 0 bridgehead atoms. The molecule has 0 aliphatic carbocycles. The van der Waals surface area contributed by atoms with E-state index in [4.69, 9.17) is 0 Å². The minimum Gasteiger partial charge on any atom is -0.255 e. The molecule has 3 heteroatoms. The second-order valence-corrected chi connectivity index (χ2v) is 4.28. The van der Waals surface area contributed by atoms with Gasteiger partial charge in [0, 0.05) is 17.3 Å². The van der Waals surface area contributed by atoms with Crippen LogP contribution in [-0.2, 0) is 0 Å². The minimum atomic E-state index is 0.915. The Balaban J connectivity index is 0.000000163. The second kappa shape index (κ2) is 7.34. The molecular weight excluding hydrogens is 252 g/mol. The van der Waals surface area contributed by atoms with Gasteiger partial charge in [0.1, 0.15) is 0 Å². The van der Waals surface area contributed by atoms with E-state index in [1.807, 2.05) is 66.7 Å². The van der Waals surface area contributed by atoms with E-state index in [9.17, 15) is 0 Å². The van der Waals surface area contributed by atoms with E-state index in [-0.39, 0.29) is 0 Å². The van der Waals surface area contributed by atoms with Crippen LogP contribution in [0.15, 0.2) is 84.0 Å². The van der Waals surface area contributed by atoms with Gasteiger partial charge in [-0.1, -0.05) is 30.3 Å². The zero-order valence-corrected chi connectivity index (χ0v) is 11.2.